The summed E-state index contributed by atoms with van der Waals surface area (Å²) in [5.74, 6) is 0. The molecular weight excluding hydrogens is 192 g/mol. The Hall–Kier alpha value is -0.260. The first-order valence-corrected chi connectivity index (χ1v) is 7.35. The van der Waals surface area contributed by atoms with Gasteiger partial charge in [0, 0.05) is 0 Å². The molecule has 0 unspecified atom stereocenters. The maximum Gasteiger partial charge on any atom is -0.0266 e. The molecule has 0 fully saturated rings. The third kappa shape index (κ3) is 6.35. The minimum Gasteiger partial charge on any atom is -0.103 e. The van der Waals surface area contributed by atoms with Gasteiger partial charge < -0.3 is 0 Å². The molecule has 0 bridgehead atoms. The predicted octanol–water partition coefficient (Wildman–Crippen LogP) is 6.12. The summed E-state index contributed by atoms with van der Waals surface area (Å²) >= 11 is 0. The molecule has 0 aliphatic rings. The van der Waals surface area contributed by atoms with E-state index in [9.17, 15) is 0 Å². The third-order valence-corrected chi connectivity index (χ3v) is 3.95. The van der Waals surface area contributed by atoms with Gasteiger partial charge in [-0.1, -0.05) is 71.8 Å². The van der Waals surface area contributed by atoms with E-state index in [1.165, 1.54) is 64.2 Å². The Balaban J connectivity index is 4.14. The van der Waals surface area contributed by atoms with Crippen molar-refractivity contribution in [3.05, 3.63) is 12.7 Å². The average molecular weight is 224 g/mol. The highest BCUT2D eigenvalue weighted by Crippen LogP contribution is 2.38. The highest BCUT2D eigenvalue weighted by molar-refractivity contribution is 4.85. The first-order valence-electron chi connectivity index (χ1n) is 7.35. The van der Waals surface area contributed by atoms with E-state index < -0.39 is 0 Å². The maximum absolute atomic E-state index is 3.95. The fourth-order valence-electron chi connectivity index (χ4n) is 2.63. The summed E-state index contributed by atoms with van der Waals surface area (Å²) in [5.41, 5.74) is 0.575. The lowest BCUT2D eigenvalue weighted by Crippen LogP contribution is -2.19. The highest BCUT2D eigenvalue weighted by Gasteiger charge is 2.25. The molecular formula is C16H32. The van der Waals surface area contributed by atoms with E-state index in [0.717, 1.165) is 0 Å². The molecule has 0 radical (unpaired) electrons. The number of allylic oxidation sites excluding steroid dienone is 1. The lowest BCUT2D eigenvalue weighted by molar-refractivity contribution is 0.215. The van der Waals surface area contributed by atoms with Crippen LogP contribution in [0.1, 0.15) is 85.0 Å². The van der Waals surface area contributed by atoms with E-state index in [1.54, 1.807) is 0 Å². The number of hydrogen-bond donors (Lipinski definition) is 0. The van der Waals surface area contributed by atoms with E-state index in [1.807, 2.05) is 0 Å². The van der Waals surface area contributed by atoms with Crippen molar-refractivity contribution in [1.82, 2.24) is 0 Å². The summed E-state index contributed by atoms with van der Waals surface area (Å²) in [4.78, 5) is 0. The fraction of sp³-hybridized carbons (Fsp3) is 0.875. The van der Waals surface area contributed by atoms with Crippen molar-refractivity contribution >= 4 is 0 Å². The molecule has 0 aromatic rings. The van der Waals surface area contributed by atoms with E-state index in [-0.39, 0.29) is 0 Å². The van der Waals surface area contributed by atoms with Crippen LogP contribution in [0.2, 0.25) is 0 Å². The van der Waals surface area contributed by atoms with Crippen LogP contribution in [0.4, 0.5) is 0 Å². The minimum atomic E-state index is 0.575. The van der Waals surface area contributed by atoms with E-state index in [4.69, 9.17) is 0 Å². The second kappa shape index (κ2) is 9.93. The van der Waals surface area contributed by atoms with Crippen molar-refractivity contribution in [1.29, 1.82) is 0 Å². The van der Waals surface area contributed by atoms with E-state index in [0.29, 0.717) is 5.41 Å². The molecule has 0 atom stereocenters. The molecule has 0 saturated carbocycles. The summed E-state index contributed by atoms with van der Waals surface area (Å²) in [5, 5.41) is 0. The zero-order valence-electron chi connectivity index (χ0n) is 11.9. The Morgan fingerprint density at radius 2 is 1.38 bits per heavy atom. The molecule has 0 spiro atoms. The second-order valence-electron chi connectivity index (χ2n) is 5.26. The smallest absolute Gasteiger partial charge is 0.0266 e. The van der Waals surface area contributed by atoms with Crippen LogP contribution in [0, 0.1) is 5.41 Å². The Bertz CT molecular complexity index is 147. The third-order valence-electron chi connectivity index (χ3n) is 3.95. The summed E-state index contributed by atoms with van der Waals surface area (Å²) < 4.78 is 0. The van der Waals surface area contributed by atoms with Crippen LogP contribution < -0.4 is 0 Å². The number of unbranched alkanes of at least 4 members (excludes halogenated alkanes) is 4. The van der Waals surface area contributed by atoms with Gasteiger partial charge in [0.2, 0.25) is 0 Å². The van der Waals surface area contributed by atoms with Gasteiger partial charge in [-0.05, 0) is 24.7 Å². The van der Waals surface area contributed by atoms with Crippen LogP contribution in [-0.4, -0.2) is 0 Å². The lowest BCUT2D eigenvalue weighted by atomic mass is 9.73. The van der Waals surface area contributed by atoms with Crippen LogP contribution in [0.25, 0.3) is 0 Å². The van der Waals surface area contributed by atoms with Gasteiger partial charge in [0.15, 0.2) is 0 Å². The Morgan fingerprint density at radius 3 is 1.69 bits per heavy atom. The zero-order chi connectivity index (χ0) is 12.3. The van der Waals surface area contributed by atoms with Gasteiger partial charge in [-0.3, -0.25) is 0 Å². The number of rotatable bonds is 11. The van der Waals surface area contributed by atoms with E-state index in [2.05, 4.69) is 33.4 Å². The monoisotopic (exact) mass is 224 g/mol. The molecule has 0 saturated heterocycles. The summed E-state index contributed by atoms with van der Waals surface area (Å²) in [7, 11) is 0. The predicted molar refractivity (Wildman–Crippen MR) is 75.8 cm³/mol. The van der Waals surface area contributed by atoms with Gasteiger partial charge in [0.25, 0.3) is 0 Å². The normalized spacial score (nSPS) is 11.7. The topological polar surface area (TPSA) is 0 Å². The van der Waals surface area contributed by atoms with Crippen molar-refractivity contribution < 1.29 is 0 Å². The molecule has 96 valence electrons. The van der Waals surface area contributed by atoms with Crippen LogP contribution in [0.15, 0.2) is 12.7 Å². The molecule has 0 aliphatic carbocycles. The molecule has 0 rings (SSSR count). The van der Waals surface area contributed by atoms with Crippen LogP contribution >= 0.6 is 0 Å². The van der Waals surface area contributed by atoms with Crippen LogP contribution in [0.3, 0.4) is 0 Å². The SMILES string of the molecule is C=CCC(CC)(CCCCC)CCCCC. The molecule has 0 amide bonds. The Labute approximate surface area is 104 Å². The molecule has 0 heterocycles. The number of hydrogen-bond acceptors (Lipinski definition) is 0. The van der Waals surface area contributed by atoms with Crippen molar-refractivity contribution in [2.75, 3.05) is 0 Å². The molecule has 0 aromatic heterocycles. The molecule has 0 aromatic carbocycles. The Morgan fingerprint density at radius 1 is 0.875 bits per heavy atom. The molecule has 0 nitrogen and oxygen atoms in total. The van der Waals surface area contributed by atoms with Crippen molar-refractivity contribution in [3.8, 4) is 0 Å². The van der Waals surface area contributed by atoms with Gasteiger partial charge in [0.1, 0.15) is 0 Å². The maximum atomic E-state index is 3.95. The summed E-state index contributed by atoms with van der Waals surface area (Å²) in [6.07, 6.45) is 15.8. The van der Waals surface area contributed by atoms with Crippen LogP contribution in [0.5, 0.6) is 0 Å². The van der Waals surface area contributed by atoms with Gasteiger partial charge in [0.05, 0.1) is 0 Å². The fourth-order valence-corrected chi connectivity index (χ4v) is 2.63. The first-order chi connectivity index (χ1) is 7.74. The molecule has 0 heteroatoms. The highest BCUT2D eigenvalue weighted by atomic mass is 14.3. The van der Waals surface area contributed by atoms with Gasteiger partial charge in [-0.25, -0.2) is 0 Å². The van der Waals surface area contributed by atoms with Crippen molar-refractivity contribution in [2.24, 2.45) is 5.41 Å². The standard InChI is InChI=1S/C16H32/c1-5-9-11-14-16(8-4,13-7-3)15-12-10-6-2/h7H,3,5-6,8-15H2,1-2,4H3. The second-order valence-corrected chi connectivity index (χ2v) is 5.26. The summed E-state index contributed by atoms with van der Waals surface area (Å²) in [6.45, 7) is 10.9. The van der Waals surface area contributed by atoms with Gasteiger partial charge in [-0.15, -0.1) is 6.58 Å². The van der Waals surface area contributed by atoms with Gasteiger partial charge in [-0.2, -0.15) is 0 Å². The first kappa shape index (κ1) is 15.7. The lowest BCUT2D eigenvalue weighted by Gasteiger charge is -2.32. The minimum absolute atomic E-state index is 0.575. The molecule has 0 N–H and O–H groups in total. The van der Waals surface area contributed by atoms with E-state index >= 15 is 0 Å². The zero-order valence-corrected chi connectivity index (χ0v) is 11.9. The summed E-state index contributed by atoms with van der Waals surface area (Å²) in [6, 6.07) is 0. The van der Waals surface area contributed by atoms with Crippen LogP contribution in [-0.2, 0) is 0 Å². The Kier molecular flexibility index (Phi) is 9.77. The van der Waals surface area contributed by atoms with Gasteiger partial charge >= 0.3 is 0 Å². The average Bonchev–Trinajstić information content (AvgIpc) is 2.29. The van der Waals surface area contributed by atoms with Crippen molar-refractivity contribution in [3.63, 3.8) is 0 Å². The largest absolute Gasteiger partial charge is 0.103 e. The quantitative estimate of drug-likeness (QED) is 0.293. The molecule has 16 heavy (non-hydrogen) atoms. The van der Waals surface area contributed by atoms with Crippen molar-refractivity contribution in [2.45, 2.75) is 85.0 Å². The molecule has 0 aliphatic heterocycles.